The number of hydrogen-bond acceptors (Lipinski definition) is 5. The first-order valence-corrected chi connectivity index (χ1v) is 5.96. The first kappa shape index (κ1) is 14.1. The molecule has 2 aromatic rings. The fourth-order valence-corrected chi connectivity index (χ4v) is 1.75. The molecule has 9 heteroatoms. The summed E-state index contributed by atoms with van der Waals surface area (Å²) in [5.74, 6) is 4.10. The minimum Gasteiger partial charge on any atom is -0.435 e. The van der Waals surface area contributed by atoms with Crippen molar-refractivity contribution in [2.24, 2.45) is 5.84 Å². The van der Waals surface area contributed by atoms with Crippen LogP contribution in [0.1, 0.15) is 0 Å². The van der Waals surface area contributed by atoms with E-state index in [0.717, 1.165) is 6.20 Å². The largest absolute Gasteiger partial charge is 0.435 e. The van der Waals surface area contributed by atoms with Crippen LogP contribution in [-0.4, -0.2) is 9.97 Å². The zero-order valence-electron chi connectivity index (χ0n) is 9.12. The fraction of sp³-hybridized carbons (Fsp3) is 0. The minimum atomic E-state index is -0.777. The second-order valence-electron chi connectivity index (χ2n) is 3.29. The first-order valence-electron chi connectivity index (χ1n) is 4.83. The highest BCUT2D eigenvalue weighted by atomic mass is 35.5. The van der Waals surface area contributed by atoms with Crippen LogP contribution in [0.2, 0.25) is 15.1 Å². The molecule has 2 rings (SSSR count). The number of nitrogens with two attached hydrogens (primary N) is 1. The van der Waals surface area contributed by atoms with Gasteiger partial charge >= 0.3 is 0 Å². The lowest BCUT2D eigenvalue weighted by Gasteiger charge is -2.09. The lowest BCUT2D eigenvalue weighted by atomic mass is 10.3. The van der Waals surface area contributed by atoms with Crippen LogP contribution in [0.3, 0.4) is 0 Å². The summed E-state index contributed by atoms with van der Waals surface area (Å²) >= 11 is 17.5. The van der Waals surface area contributed by atoms with E-state index in [1.165, 1.54) is 12.1 Å². The van der Waals surface area contributed by atoms with Crippen LogP contribution in [0, 0.1) is 5.82 Å². The predicted octanol–water partition coefficient (Wildman–Crippen LogP) is 3.65. The Bertz CT molecular complexity index is 626. The van der Waals surface area contributed by atoms with Crippen molar-refractivity contribution in [3.05, 3.63) is 39.2 Å². The van der Waals surface area contributed by atoms with Crippen molar-refractivity contribution in [1.82, 2.24) is 9.97 Å². The summed E-state index contributed by atoms with van der Waals surface area (Å²) in [5.41, 5.74) is 2.17. The number of rotatable bonds is 3. The number of nitrogens with zero attached hydrogens (tertiary/aromatic N) is 2. The van der Waals surface area contributed by atoms with E-state index in [2.05, 4.69) is 15.4 Å². The number of hydrogen-bond donors (Lipinski definition) is 2. The molecule has 5 nitrogen and oxygen atoms in total. The van der Waals surface area contributed by atoms with Crippen LogP contribution in [-0.2, 0) is 0 Å². The van der Waals surface area contributed by atoms with Gasteiger partial charge in [-0.05, 0) is 6.07 Å². The van der Waals surface area contributed by atoms with Crippen LogP contribution < -0.4 is 16.0 Å². The Morgan fingerprint density at radius 1 is 1.16 bits per heavy atom. The summed E-state index contributed by atoms with van der Waals surface area (Å²) < 4.78 is 18.7. The average Bonchev–Trinajstić information content (AvgIpc) is 2.38. The summed E-state index contributed by atoms with van der Waals surface area (Å²) in [5, 5.41) is 0.633. The molecule has 0 aliphatic heterocycles. The van der Waals surface area contributed by atoms with E-state index in [9.17, 15) is 4.39 Å². The maximum absolute atomic E-state index is 13.5. The number of halogens is 4. The standard InChI is InChI=1S/C10H6Cl3FN4O/c11-4-1-6(13)8(2-5(4)12)19-9-7(14)3-16-10(17-9)18-15/h1-3H,15H2,(H,16,17,18). The van der Waals surface area contributed by atoms with Gasteiger partial charge in [-0.1, -0.05) is 34.8 Å². The molecule has 0 bridgehead atoms. The molecule has 100 valence electrons. The summed E-state index contributed by atoms with van der Waals surface area (Å²) in [6.07, 6.45) is 0.906. The maximum Gasteiger partial charge on any atom is 0.260 e. The van der Waals surface area contributed by atoms with E-state index in [0.29, 0.717) is 0 Å². The van der Waals surface area contributed by atoms with Crippen LogP contribution in [0.25, 0.3) is 0 Å². The van der Waals surface area contributed by atoms with Gasteiger partial charge in [0.2, 0.25) is 11.8 Å². The highest BCUT2D eigenvalue weighted by molar-refractivity contribution is 6.43. The van der Waals surface area contributed by atoms with Crippen molar-refractivity contribution in [1.29, 1.82) is 0 Å². The second-order valence-corrected chi connectivity index (χ2v) is 4.51. The van der Waals surface area contributed by atoms with E-state index < -0.39 is 5.82 Å². The van der Waals surface area contributed by atoms with Gasteiger partial charge in [0.05, 0.1) is 21.3 Å². The fourth-order valence-electron chi connectivity index (χ4n) is 1.18. The minimum absolute atomic E-state index is 0.00687. The van der Waals surface area contributed by atoms with Gasteiger partial charge < -0.3 is 4.74 Å². The lowest BCUT2D eigenvalue weighted by Crippen LogP contribution is -2.11. The van der Waals surface area contributed by atoms with E-state index in [4.69, 9.17) is 45.4 Å². The molecule has 0 aliphatic rings. The van der Waals surface area contributed by atoms with Crippen molar-refractivity contribution >= 4 is 40.8 Å². The zero-order chi connectivity index (χ0) is 14.0. The molecular formula is C10H6Cl3FN4O. The Balaban J connectivity index is 2.38. The number of benzene rings is 1. The molecule has 0 saturated carbocycles. The molecule has 0 spiro atoms. The van der Waals surface area contributed by atoms with Crippen molar-refractivity contribution in [2.75, 3.05) is 5.43 Å². The average molecular weight is 324 g/mol. The number of anilines is 1. The first-order chi connectivity index (χ1) is 9.01. The smallest absolute Gasteiger partial charge is 0.260 e. The number of hydrazine groups is 1. The van der Waals surface area contributed by atoms with Gasteiger partial charge in [-0.2, -0.15) is 9.37 Å². The zero-order valence-corrected chi connectivity index (χ0v) is 11.4. The molecular weight excluding hydrogens is 317 g/mol. The Morgan fingerprint density at radius 2 is 1.84 bits per heavy atom. The third-order valence-corrected chi connectivity index (χ3v) is 3.04. The second kappa shape index (κ2) is 5.75. The van der Waals surface area contributed by atoms with Gasteiger partial charge in [0.15, 0.2) is 0 Å². The summed E-state index contributed by atoms with van der Waals surface area (Å²) in [7, 11) is 0. The summed E-state index contributed by atoms with van der Waals surface area (Å²) in [6.45, 7) is 0. The van der Waals surface area contributed by atoms with E-state index >= 15 is 0 Å². The Labute approximate surface area is 122 Å². The highest BCUT2D eigenvalue weighted by Crippen LogP contribution is 2.36. The van der Waals surface area contributed by atoms with Crippen molar-refractivity contribution in [3.63, 3.8) is 0 Å². The molecule has 0 unspecified atom stereocenters. The number of ether oxygens (including phenoxy) is 1. The van der Waals surface area contributed by atoms with Crippen LogP contribution >= 0.6 is 34.8 Å². The van der Waals surface area contributed by atoms with Gasteiger partial charge in [-0.15, -0.1) is 0 Å². The Kier molecular flexibility index (Phi) is 4.26. The van der Waals surface area contributed by atoms with Gasteiger partial charge in [0.25, 0.3) is 5.88 Å². The Hall–Kier alpha value is -1.34. The predicted molar refractivity (Wildman–Crippen MR) is 71.3 cm³/mol. The molecule has 3 N–H and O–H groups in total. The maximum atomic E-state index is 13.5. The third kappa shape index (κ3) is 3.16. The van der Waals surface area contributed by atoms with E-state index in [-0.39, 0.29) is 32.6 Å². The quantitative estimate of drug-likeness (QED) is 0.512. The molecule has 1 aromatic carbocycles. The van der Waals surface area contributed by atoms with Crippen molar-refractivity contribution in [2.45, 2.75) is 0 Å². The normalized spacial score (nSPS) is 10.4. The van der Waals surface area contributed by atoms with Crippen LogP contribution in [0.15, 0.2) is 18.3 Å². The van der Waals surface area contributed by atoms with Gasteiger partial charge in [0.1, 0.15) is 5.75 Å². The SMILES string of the molecule is NNc1ncc(F)c(Oc2cc(Cl)c(Cl)cc2Cl)n1. The lowest BCUT2D eigenvalue weighted by molar-refractivity contribution is 0.421. The molecule has 0 aliphatic carbocycles. The van der Waals surface area contributed by atoms with Gasteiger partial charge in [-0.3, -0.25) is 5.43 Å². The molecule has 0 atom stereocenters. The van der Waals surface area contributed by atoms with Gasteiger partial charge in [0, 0.05) is 6.07 Å². The van der Waals surface area contributed by atoms with Gasteiger partial charge in [-0.25, -0.2) is 10.8 Å². The third-order valence-electron chi connectivity index (χ3n) is 2.02. The van der Waals surface area contributed by atoms with E-state index in [1.807, 2.05) is 0 Å². The molecule has 0 saturated heterocycles. The van der Waals surface area contributed by atoms with Crippen molar-refractivity contribution < 1.29 is 9.13 Å². The van der Waals surface area contributed by atoms with Crippen LogP contribution in [0.5, 0.6) is 11.6 Å². The Morgan fingerprint density at radius 3 is 2.53 bits per heavy atom. The number of aromatic nitrogens is 2. The topological polar surface area (TPSA) is 73.1 Å². The monoisotopic (exact) mass is 322 g/mol. The van der Waals surface area contributed by atoms with E-state index in [1.54, 1.807) is 0 Å². The highest BCUT2D eigenvalue weighted by Gasteiger charge is 2.13. The number of nitrogens with one attached hydrogen (secondary N) is 1. The van der Waals surface area contributed by atoms with Crippen molar-refractivity contribution in [3.8, 4) is 11.6 Å². The summed E-state index contributed by atoms with van der Waals surface area (Å²) in [6, 6.07) is 2.73. The molecule has 19 heavy (non-hydrogen) atoms. The molecule has 1 aromatic heterocycles. The molecule has 0 fully saturated rings. The molecule has 1 heterocycles. The molecule has 0 amide bonds. The number of nitrogen functional groups attached to an aromatic ring is 1. The summed E-state index contributed by atoms with van der Waals surface area (Å²) in [4.78, 5) is 7.27. The molecule has 0 radical (unpaired) electrons. The van der Waals surface area contributed by atoms with Crippen LogP contribution in [0.4, 0.5) is 10.3 Å².